The largest absolute Gasteiger partial charge is 0.504 e. The topological polar surface area (TPSA) is 153 Å². The summed E-state index contributed by atoms with van der Waals surface area (Å²) in [4.78, 5) is 63.1. The Hall–Kier alpha value is -6.70. The molecule has 3 fully saturated rings. The number of allylic oxidation sites excluding steroid dienone is 2. The van der Waals surface area contributed by atoms with Crippen molar-refractivity contribution in [2.75, 3.05) is 43.5 Å². The maximum atomic E-state index is 15.6. The van der Waals surface area contributed by atoms with Gasteiger partial charge < -0.3 is 19.5 Å². The van der Waals surface area contributed by atoms with Gasteiger partial charge in [0, 0.05) is 30.7 Å². The van der Waals surface area contributed by atoms with Crippen molar-refractivity contribution >= 4 is 75.3 Å². The number of hydrazine groups is 1. The van der Waals surface area contributed by atoms with Gasteiger partial charge >= 0.3 is 0 Å². The number of fused-ring (bicyclic) bond motifs is 4. The van der Waals surface area contributed by atoms with Crippen LogP contribution in [0.3, 0.4) is 0 Å². The molecule has 2 aliphatic heterocycles. The molecule has 9 rings (SSSR count). The second kappa shape index (κ2) is 16.2. The number of ether oxygens (including phenoxy) is 2. The van der Waals surface area contributed by atoms with Gasteiger partial charge in [0.05, 0.1) is 65.2 Å². The number of phenols is 1. The predicted octanol–water partition coefficient (Wildman–Crippen LogP) is 9.39. The highest BCUT2D eigenvalue weighted by Gasteiger charge is 2.70. The highest BCUT2D eigenvalue weighted by molar-refractivity contribution is 6.36. The first-order valence-corrected chi connectivity index (χ1v) is 21.1. The van der Waals surface area contributed by atoms with Crippen molar-refractivity contribution in [1.29, 1.82) is 0 Å². The van der Waals surface area contributed by atoms with Crippen LogP contribution in [0.4, 0.5) is 28.4 Å². The minimum Gasteiger partial charge on any atom is -0.504 e. The third-order valence-corrected chi connectivity index (χ3v) is 13.4. The Morgan fingerprint density at radius 1 is 0.778 bits per heavy atom. The van der Waals surface area contributed by atoms with Gasteiger partial charge in [-0.25, -0.2) is 0 Å². The van der Waals surface area contributed by atoms with Crippen LogP contribution in [-0.2, 0) is 24.6 Å². The zero-order chi connectivity index (χ0) is 44.3. The summed E-state index contributed by atoms with van der Waals surface area (Å²) in [5.41, 5.74) is 6.17. The maximum Gasteiger partial charge on any atom is 0.260 e. The number of anilines is 3. The number of hydrogen-bond acceptors (Lipinski definition) is 11. The summed E-state index contributed by atoms with van der Waals surface area (Å²) in [5.74, 6) is -5.33. The third kappa shape index (κ3) is 6.86. The Bertz CT molecular complexity index is 2730. The van der Waals surface area contributed by atoms with Crippen LogP contribution in [0, 0.1) is 23.7 Å². The van der Waals surface area contributed by atoms with E-state index in [2.05, 4.69) is 15.7 Å². The number of phenolic OH excluding ortho intramolecular Hbond substituents is 1. The third-order valence-electron chi connectivity index (χ3n) is 12.9. The van der Waals surface area contributed by atoms with Crippen LogP contribution in [0.25, 0.3) is 0 Å². The first kappa shape index (κ1) is 41.6. The van der Waals surface area contributed by atoms with Crippen molar-refractivity contribution in [3.8, 4) is 17.2 Å². The Kier molecular flexibility index (Phi) is 10.7. The summed E-state index contributed by atoms with van der Waals surface area (Å²) in [7, 11) is 6.88. The number of carbonyl (C=O) groups is 4. The minimum atomic E-state index is -1.59. The molecule has 13 nitrogen and oxygen atoms in total. The summed E-state index contributed by atoms with van der Waals surface area (Å²) in [5, 5.41) is 21.1. The summed E-state index contributed by atoms with van der Waals surface area (Å²) in [6.45, 7) is 0. The summed E-state index contributed by atoms with van der Waals surface area (Å²) in [6.07, 6.45) is 2.25. The number of azo groups is 1. The number of hydrogen-bond donors (Lipinski definition) is 2. The molecule has 1 saturated carbocycles. The molecule has 4 aliphatic rings. The molecule has 0 bridgehead atoms. The Morgan fingerprint density at radius 3 is 2.10 bits per heavy atom. The number of imide groups is 2. The lowest BCUT2D eigenvalue weighted by Crippen LogP contribution is -2.53. The van der Waals surface area contributed by atoms with Crippen LogP contribution in [0.2, 0.25) is 10.0 Å². The number of rotatable bonds is 10. The second-order valence-corrected chi connectivity index (χ2v) is 17.1. The number of halogens is 2. The molecule has 6 atom stereocenters. The van der Waals surface area contributed by atoms with Crippen molar-refractivity contribution in [3.63, 3.8) is 0 Å². The molecule has 15 heteroatoms. The van der Waals surface area contributed by atoms with Crippen molar-refractivity contribution in [2.45, 2.75) is 24.2 Å². The van der Waals surface area contributed by atoms with Crippen LogP contribution in [-0.4, -0.2) is 62.1 Å². The van der Waals surface area contributed by atoms with Gasteiger partial charge in [-0.05, 0) is 121 Å². The molecule has 0 spiro atoms. The monoisotopic (exact) mass is 884 g/mol. The molecule has 5 aromatic carbocycles. The van der Waals surface area contributed by atoms with Gasteiger partial charge in [-0.1, -0.05) is 53.1 Å². The van der Waals surface area contributed by atoms with Crippen LogP contribution in [0.1, 0.15) is 29.9 Å². The standard InChI is InChI=1S/C48H42Cl2N6O7/c1-54(2)31-13-9-29(10-14-31)51-52-30-11-15-32(16-12-30)55-44(58)35-20-19-34-36(42(35)46(55)60)25-37-45(59)56(53-39-21-8-28(49)24-38(39)50)47(61)48(37,27-6-17-33(62-3)18-7-27)43(34)26-5-22-40(57)41(23-26)63-4/h5-19,21-24,35-37,42-43,53,57H,20,25H2,1-4H3. The SMILES string of the molecule is COc1ccc(C23C(=O)N(Nc4ccc(Cl)cc4Cl)C(=O)C2CC2C(=CCC4C(=O)N(c5ccc(N=Nc6ccc(N(C)C)cc6)cc5)C(=O)C42)C3c2ccc(O)c(OC)c2)cc1. The van der Waals surface area contributed by atoms with Crippen LogP contribution in [0.5, 0.6) is 17.2 Å². The fourth-order valence-electron chi connectivity index (χ4n) is 9.95. The molecule has 4 amide bonds. The lowest BCUT2D eigenvalue weighted by molar-refractivity contribution is -0.138. The van der Waals surface area contributed by atoms with Crippen LogP contribution in [0.15, 0.2) is 131 Å². The van der Waals surface area contributed by atoms with E-state index >= 15 is 9.59 Å². The van der Waals surface area contributed by atoms with E-state index < -0.39 is 52.7 Å². The lowest BCUT2D eigenvalue weighted by atomic mass is 9.49. The first-order chi connectivity index (χ1) is 30.3. The number of amides is 4. The first-order valence-electron chi connectivity index (χ1n) is 20.3. The molecule has 2 N–H and O–H groups in total. The molecule has 5 aromatic rings. The summed E-state index contributed by atoms with van der Waals surface area (Å²) in [6, 6.07) is 31.0. The maximum absolute atomic E-state index is 15.6. The fraction of sp³-hybridized carbons (Fsp3) is 0.250. The van der Waals surface area contributed by atoms with E-state index in [9.17, 15) is 14.7 Å². The smallest absolute Gasteiger partial charge is 0.260 e. The molecule has 2 heterocycles. The molecule has 0 aromatic heterocycles. The molecule has 63 heavy (non-hydrogen) atoms. The van der Waals surface area contributed by atoms with Crippen molar-refractivity contribution in [1.82, 2.24) is 5.01 Å². The average molecular weight is 886 g/mol. The van der Waals surface area contributed by atoms with E-state index in [1.807, 2.05) is 49.3 Å². The molecule has 6 unspecified atom stereocenters. The fourth-order valence-corrected chi connectivity index (χ4v) is 10.4. The van der Waals surface area contributed by atoms with E-state index in [-0.39, 0.29) is 41.0 Å². The predicted molar refractivity (Wildman–Crippen MR) is 239 cm³/mol. The molecule has 0 radical (unpaired) electrons. The van der Waals surface area contributed by atoms with Crippen LogP contribution >= 0.6 is 23.2 Å². The highest BCUT2D eigenvalue weighted by atomic mass is 35.5. The van der Waals surface area contributed by atoms with E-state index in [0.717, 1.165) is 16.3 Å². The van der Waals surface area contributed by atoms with E-state index in [1.54, 1.807) is 72.8 Å². The number of nitrogens with one attached hydrogen (secondary N) is 1. The van der Waals surface area contributed by atoms with Crippen molar-refractivity contribution < 1.29 is 33.8 Å². The van der Waals surface area contributed by atoms with Crippen LogP contribution < -0.4 is 24.7 Å². The molecule has 2 saturated heterocycles. The zero-order valence-corrected chi connectivity index (χ0v) is 36.2. The highest BCUT2D eigenvalue weighted by Crippen LogP contribution is 2.64. The summed E-state index contributed by atoms with van der Waals surface area (Å²) >= 11 is 12.8. The Balaban J connectivity index is 1.12. The van der Waals surface area contributed by atoms with Gasteiger partial charge in [-0.3, -0.25) is 29.5 Å². The zero-order valence-electron chi connectivity index (χ0n) is 34.7. The number of carbonyl (C=O) groups excluding carboxylic acids is 4. The number of methoxy groups -OCH3 is 2. The summed E-state index contributed by atoms with van der Waals surface area (Å²) < 4.78 is 11.1. The van der Waals surface area contributed by atoms with Gasteiger partial charge in [-0.15, -0.1) is 0 Å². The minimum absolute atomic E-state index is 0.0730. The molecular weight excluding hydrogens is 843 g/mol. The second-order valence-electron chi connectivity index (χ2n) is 16.3. The van der Waals surface area contributed by atoms with Crippen molar-refractivity contribution in [2.24, 2.45) is 33.9 Å². The molecule has 320 valence electrons. The Morgan fingerprint density at radius 2 is 1.46 bits per heavy atom. The van der Waals surface area contributed by atoms with Gasteiger partial charge in [0.2, 0.25) is 11.8 Å². The van der Waals surface area contributed by atoms with E-state index in [4.69, 9.17) is 32.7 Å². The number of nitrogens with zero attached hydrogens (tertiary/aromatic N) is 5. The lowest BCUT2D eigenvalue weighted by Gasteiger charge is -2.50. The quantitative estimate of drug-likeness (QED) is 0.0794. The molecule has 2 aliphatic carbocycles. The van der Waals surface area contributed by atoms with Gasteiger partial charge in [0.25, 0.3) is 11.8 Å². The number of benzene rings is 5. The normalized spacial score (nSPS) is 24.0. The van der Waals surface area contributed by atoms with Gasteiger partial charge in [-0.2, -0.15) is 15.2 Å². The van der Waals surface area contributed by atoms with Gasteiger partial charge in [0.15, 0.2) is 11.5 Å². The van der Waals surface area contributed by atoms with E-state index in [0.29, 0.717) is 39.0 Å². The Labute approximate surface area is 373 Å². The molecular formula is C48H42Cl2N6O7. The average Bonchev–Trinajstić information content (AvgIpc) is 3.67. The van der Waals surface area contributed by atoms with Gasteiger partial charge in [0.1, 0.15) is 5.75 Å². The van der Waals surface area contributed by atoms with E-state index in [1.165, 1.54) is 31.3 Å². The van der Waals surface area contributed by atoms with Crippen molar-refractivity contribution in [3.05, 3.63) is 142 Å². The number of aromatic hydroxyl groups is 1.